The summed E-state index contributed by atoms with van der Waals surface area (Å²) in [6, 6.07) is 8.20. The lowest BCUT2D eigenvalue weighted by Crippen LogP contribution is -2.00. The van der Waals surface area contributed by atoms with Crippen LogP contribution in [0.1, 0.15) is 37.0 Å². The van der Waals surface area contributed by atoms with Gasteiger partial charge in [0, 0.05) is 19.6 Å². The molecule has 2 nitrogen and oxygen atoms in total. The molecule has 2 atom stereocenters. The lowest BCUT2D eigenvalue weighted by atomic mass is 9.99. The summed E-state index contributed by atoms with van der Waals surface area (Å²) in [4.78, 5) is 0. The van der Waals surface area contributed by atoms with Gasteiger partial charge in [-0.05, 0) is 18.1 Å². The van der Waals surface area contributed by atoms with Crippen molar-refractivity contribution in [3.05, 3.63) is 35.4 Å². The van der Waals surface area contributed by atoms with Crippen molar-refractivity contribution in [1.82, 2.24) is 0 Å². The van der Waals surface area contributed by atoms with E-state index in [4.69, 9.17) is 9.84 Å². The third-order valence-corrected chi connectivity index (χ3v) is 2.60. The minimum atomic E-state index is 0.133. The van der Waals surface area contributed by atoms with Crippen LogP contribution in [-0.4, -0.2) is 18.8 Å². The highest BCUT2D eigenvalue weighted by atomic mass is 16.5. The average Bonchev–Trinajstić information content (AvgIpc) is 2.27. The standard InChI is InChI=1S/C12H18O2/c1-9(8-13)11-4-6-12(7-5-11)10(2)14-3/h4-7,9-10,13H,8H2,1-3H3. The van der Waals surface area contributed by atoms with Crippen molar-refractivity contribution in [3.8, 4) is 0 Å². The number of benzene rings is 1. The largest absolute Gasteiger partial charge is 0.396 e. The second-order valence-corrected chi connectivity index (χ2v) is 3.63. The van der Waals surface area contributed by atoms with Gasteiger partial charge in [0.1, 0.15) is 0 Å². The van der Waals surface area contributed by atoms with Crippen molar-refractivity contribution in [2.45, 2.75) is 25.9 Å². The first-order chi connectivity index (χ1) is 6.69. The van der Waals surface area contributed by atoms with Crippen LogP contribution < -0.4 is 0 Å². The van der Waals surface area contributed by atoms with E-state index in [2.05, 4.69) is 12.1 Å². The molecule has 2 unspecified atom stereocenters. The lowest BCUT2D eigenvalue weighted by Gasteiger charge is -2.12. The van der Waals surface area contributed by atoms with Gasteiger partial charge in [-0.1, -0.05) is 31.2 Å². The monoisotopic (exact) mass is 194 g/mol. The average molecular weight is 194 g/mol. The van der Waals surface area contributed by atoms with Crippen LogP contribution in [0.4, 0.5) is 0 Å². The van der Waals surface area contributed by atoms with E-state index < -0.39 is 0 Å². The zero-order valence-electron chi connectivity index (χ0n) is 9.03. The van der Waals surface area contributed by atoms with Gasteiger partial charge < -0.3 is 9.84 Å². The first-order valence-electron chi connectivity index (χ1n) is 4.92. The van der Waals surface area contributed by atoms with E-state index in [1.165, 1.54) is 11.1 Å². The van der Waals surface area contributed by atoms with E-state index in [-0.39, 0.29) is 18.6 Å². The Balaban J connectivity index is 2.78. The fourth-order valence-corrected chi connectivity index (χ4v) is 1.34. The van der Waals surface area contributed by atoms with Crippen LogP contribution in [0.25, 0.3) is 0 Å². The molecule has 1 N–H and O–H groups in total. The molecule has 0 aliphatic rings. The van der Waals surface area contributed by atoms with Crippen LogP contribution in [-0.2, 0) is 4.74 Å². The summed E-state index contributed by atoms with van der Waals surface area (Å²) < 4.78 is 5.21. The minimum Gasteiger partial charge on any atom is -0.396 e. The predicted octanol–water partition coefficient (Wildman–Crippen LogP) is 2.49. The van der Waals surface area contributed by atoms with Gasteiger partial charge in [-0.2, -0.15) is 0 Å². The third-order valence-electron chi connectivity index (χ3n) is 2.60. The SMILES string of the molecule is COC(C)c1ccc(C(C)CO)cc1. The Bertz CT molecular complexity index is 237. The smallest absolute Gasteiger partial charge is 0.0793 e. The maximum Gasteiger partial charge on any atom is 0.0793 e. The molecule has 78 valence electrons. The number of aliphatic hydroxyl groups excluding tert-OH is 1. The molecule has 2 heteroatoms. The summed E-state index contributed by atoms with van der Waals surface area (Å²) in [5.41, 5.74) is 2.33. The Morgan fingerprint density at radius 1 is 1.14 bits per heavy atom. The van der Waals surface area contributed by atoms with Crippen LogP contribution in [0.15, 0.2) is 24.3 Å². The summed E-state index contributed by atoms with van der Waals surface area (Å²) in [6.07, 6.45) is 0.133. The molecule has 0 aliphatic heterocycles. The molecule has 0 fully saturated rings. The normalized spacial score (nSPS) is 15.1. The molecule has 1 aromatic carbocycles. The van der Waals surface area contributed by atoms with Crippen molar-refractivity contribution >= 4 is 0 Å². The van der Waals surface area contributed by atoms with Gasteiger partial charge >= 0.3 is 0 Å². The van der Waals surface area contributed by atoms with Crippen molar-refractivity contribution in [2.24, 2.45) is 0 Å². The number of hydrogen-bond donors (Lipinski definition) is 1. The summed E-state index contributed by atoms with van der Waals surface area (Å²) >= 11 is 0. The summed E-state index contributed by atoms with van der Waals surface area (Å²) in [5, 5.41) is 8.99. The predicted molar refractivity (Wildman–Crippen MR) is 57.4 cm³/mol. The van der Waals surface area contributed by atoms with E-state index >= 15 is 0 Å². The van der Waals surface area contributed by atoms with Gasteiger partial charge in [0.25, 0.3) is 0 Å². The number of methoxy groups -OCH3 is 1. The number of ether oxygens (including phenoxy) is 1. The fraction of sp³-hybridized carbons (Fsp3) is 0.500. The van der Waals surface area contributed by atoms with Gasteiger partial charge in [0.2, 0.25) is 0 Å². The topological polar surface area (TPSA) is 29.5 Å². The van der Waals surface area contributed by atoms with Crippen LogP contribution in [0.3, 0.4) is 0 Å². The van der Waals surface area contributed by atoms with Crippen molar-refractivity contribution in [3.63, 3.8) is 0 Å². The van der Waals surface area contributed by atoms with Crippen molar-refractivity contribution < 1.29 is 9.84 Å². The highest BCUT2D eigenvalue weighted by Crippen LogP contribution is 2.20. The second kappa shape index (κ2) is 5.13. The maximum atomic E-state index is 8.99. The van der Waals surface area contributed by atoms with E-state index in [1.807, 2.05) is 26.0 Å². The summed E-state index contributed by atoms with van der Waals surface area (Å²) in [6.45, 7) is 4.22. The van der Waals surface area contributed by atoms with Gasteiger partial charge in [-0.25, -0.2) is 0 Å². The van der Waals surface area contributed by atoms with Crippen molar-refractivity contribution in [1.29, 1.82) is 0 Å². The molecule has 0 amide bonds. The zero-order valence-corrected chi connectivity index (χ0v) is 9.03. The van der Waals surface area contributed by atoms with Crippen LogP contribution >= 0.6 is 0 Å². The number of hydrogen-bond acceptors (Lipinski definition) is 2. The second-order valence-electron chi connectivity index (χ2n) is 3.63. The molecule has 0 heterocycles. The van der Waals surface area contributed by atoms with E-state index in [0.29, 0.717) is 0 Å². The quantitative estimate of drug-likeness (QED) is 0.798. The molecule has 0 aromatic heterocycles. The summed E-state index contributed by atoms with van der Waals surface area (Å²) in [7, 11) is 1.70. The highest BCUT2D eigenvalue weighted by Gasteiger charge is 2.06. The van der Waals surface area contributed by atoms with Gasteiger partial charge in [-0.15, -0.1) is 0 Å². The summed E-state index contributed by atoms with van der Waals surface area (Å²) in [5.74, 6) is 0.210. The molecular formula is C12H18O2. The Hall–Kier alpha value is -0.860. The molecule has 0 bridgehead atoms. The molecule has 0 radical (unpaired) electrons. The molecule has 1 aromatic rings. The molecule has 14 heavy (non-hydrogen) atoms. The highest BCUT2D eigenvalue weighted by molar-refractivity contribution is 5.26. The maximum absolute atomic E-state index is 8.99. The van der Waals surface area contributed by atoms with Crippen LogP contribution in [0.5, 0.6) is 0 Å². The Kier molecular flexibility index (Phi) is 4.11. The molecule has 1 rings (SSSR count). The van der Waals surface area contributed by atoms with Crippen LogP contribution in [0, 0.1) is 0 Å². The molecule has 0 spiro atoms. The molecule has 0 aliphatic carbocycles. The lowest BCUT2D eigenvalue weighted by molar-refractivity contribution is 0.119. The first-order valence-corrected chi connectivity index (χ1v) is 4.92. The fourth-order valence-electron chi connectivity index (χ4n) is 1.34. The Morgan fingerprint density at radius 3 is 2.07 bits per heavy atom. The van der Waals surface area contributed by atoms with E-state index in [1.54, 1.807) is 7.11 Å². The Morgan fingerprint density at radius 2 is 1.64 bits per heavy atom. The number of aliphatic hydroxyl groups is 1. The van der Waals surface area contributed by atoms with Gasteiger partial charge in [0.05, 0.1) is 6.10 Å². The number of rotatable bonds is 4. The Labute approximate surface area is 85.5 Å². The third kappa shape index (κ3) is 2.56. The van der Waals surface area contributed by atoms with Crippen LogP contribution in [0.2, 0.25) is 0 Å². The van der Waals surface area contributed by atoms with Gasteiger partial charge in [0.15, 0.2) is 0 Å². The van der Waals surface area contributed by atoms with E-state index in [0.717, 1.165) is 0 Å². The van der Waals surface area contributed by atoms with Crippen molar-refractivity contribution in [2.75, 3.05) is 13.7 Å². The van der Waals surface area contributed by atoms with E-state index in [9.17, 15) is 0 Å². The molecule has 0 saturated heterocycles. The first kappa shape index (κ1) is 11.2. The molecule has 0 saturated carbocycles. The molecular weight excluding hydrogens is 176 g/mol. The van der Waals surface area contributed by atoms with Gasteiger partial charge in [-0.3, -0.25) is 0 Å². The zero-order chi connectivity index (χ0) is 10.6. The minimum absolute atomic E-state index is 0.133.